The Morgan fingerprint density at radius 1 is 1.50 bits per heavy atom. The van der Waals surface area contributed by atoms with Crippen molar-refractivity contribution in [3.05, 3.63) is 29.3 Å². The van der Waals surface area contributed by atoms with Gasteiger partial charge in [0.05, 0.1) is 17.6 Å². The Bertz CT molecular complexity index is 527. The van der Waals surface area contributed by atoms with Gasteiger partial charge in [-0.3, -0.25) is 0 Å². The van der Waals surface area contributed by atoms with E-state index in [1.165, 1.54) is 7.05 Å². The van der Waals surface area contributed by atoms with E-state index in [1.807, 2.05) is 0 Å². The molecule has 5 nitrogen and oxygen atoms in total. The molecule has 0 unspecified atom stereocenters. The zero-order valence-electron chi connectivity index (χ0n) is 10.2. The third-order valence-corrected chi connectivity index (χ3v) is 4.53. The van der Waals surface area contributed by atoms with Crippen molar-refractivity contribution < 1.29 is 18.3 Å². The highest BCUT2D eigenvalue weighted by atomic mass is 32.2. The molecule has 2 N–H and O–H groups in total. The van der Waals surface area contributed by atoms with Gasteiger partial charge in [-0.1, -0.05) is 6.07 Å². The number of rotatable bonds is 4. The van der Waals surface area contributed by atoms with E-state index in [-0.39, 0.29) is 17.6 Å². The molecule has 0 bridgehead atoms. The standard InChI is InChI=1S/C12H17NO4S/c1-13-18(15,16)10-2-3-11-9(8-10)5-7-17-12(11)4-6-14/h2-3,8,12-14H,4-7H2,1H3/t12-/m0/s1. The Labute approximate surface area is 107 Å². The van der Waals surface area contributed by atoms with Crippen molar-refractivity contribution >= 4 is 10.0 Å². The smallest absolute Gasteiger partial charge is 0.240 e. The Balaban J connectivity index is 2.38. The van der Waals surface area contributed by atoms with Crippen molar-refractivity contribution in [2.45, 2.75) is 23.8 Å². The summed E-state index contributed by atoms with van der Waals surface area (Å²) in [5.41, 5.74) is 1.96. The van der Waals surface area contributed by atoms with Gasteiger partial charge in [0.2, 0.25) is 10.0 Å². The highest BCUT2D eigenvalue weighted by Crippen LogP contribution is 2.30. The van der Waals surface area contributed by atoms with Gasteiger partial charge in [0.1, 0.15) is 0 Å². The van der Waals surface area contributed by atoms with Crippen molar-refractivity contribution in [3.63, 3.8) is 0 Å². The minimum absolute atomic E-state index is 0.0562. The summed E-state index contributed by atoms with van der Waals surface area (Å²) >= 11 is 0. The minimum atomic E-state index is -3.40. The second-order valence-electron chi connectivity index (χ2n) is 4.19. The Hall–Kier alpha value is -0.950. The van der Waals surface area contributed by atoms with Gasteiger partial charge in [-0.05, 0) is 36.7 Å². The maximum Gasteiger partial charge on any atom is 0.240 e. The molecular weight excluding hydrogens is 254 g/mol. The monoisotopic (exact) mass is 271 g/mol. The van der Waals surface area contributed by atoms with E-state index in [4.69, 9.17) is 9.84 Å². The lowest BCUT2D eigenvalue weighted by molar-refractivity contribution is 0.0252. The van der Waals surface area contributed by atoms with Crippen LogP contribution in [0.1, 0.15) is 23.7 Å². The van der Waals surface area contributed by atoms with Crippen LogP contribution in [-0.2, 0) is 21.2 Å². The van der Waals surface area contributed by atoms with Crippen molar-refractivity contribution in [3.8, 4) is 0 Å². The molecule has 2 rings (SSSR count). The summed E-state index contributed by atoms with van der Waals surface area (Å²) < 4.78 is 31.3. The van der Waals surface area contributed by atoms with Crippen LogP contribution in [0.3, 0.4) is 0 Å². The van der Waals surface area contributed by atoms with E-state index in [0.717, 1.165) is 11.1 Å². The lowest BCUT2D eigenvalue weighted by Gasteiger charge is -2.26. The maximum atomic E-state index is 11.7. The second-order valence-corrected chi connectivity index (χ2v) is 6.08. The lowest BCUT2D eigenvalue weighted by atomic mass is 9.96. The Morgan fingerprint density at radius 3 is 2.94 bits per heavy atom. The third kappa shape index (κ3) is 2.56. The van der Waals surface area contributed by atoms with Gasteiger partial charge >= 0.3 is 0 Å². The van der Waals surface area contributed by atoms with E-state index in [2.05, 4.69) is 4.72 Å². The summed E-state index contributed by atoms with van der Waals surface area (Å²) in [5.74, 6) is 0. The van der Waals surface area contributed by atoms with Gasteiger partial charge in [0.15, 0.2) is 0 Å². The lowest BCUT2D eigenvalue weighted by Crippen LogP contribution is -2.21. The quantitative estimate of drug-likeness (QED) is 0.840. The number of benzene rings is 1. The van der Waals surface area contributed by atoms with Crippen LogP contribution < -0.4 is 4.72 Å². The predicted octanol–water partition coefficient (Wildman–Crippen LogP) is 0.591. The molecule has 18 heavy (non-hydrogen) atoms. The average molecular weight is 271 g/mol. The molecule has 1 aromatic carbocycles. The number of nitrogens with one attached hydrogen (secondary N) is 1. The normalized spacial score (nSPS) is 19.6. The fraction of sp³-hybridized carbons (Fsp3) is 0.500. The molecule has 0 spiro atoms. The largest absolute Gasteiger partial charge is 0.396 e. The highest BCUT2D eigenvalue weighted by molar-refractivity contribution is 7.89. The number of hydrogen-bond donors (Lipinski definition) is 2. The van der Waals surface area contributed by atoms with E-state index >= 15 is 0 Å². The number of aliphatic hydroxyl groups is 1. The number of aliphatic hydroxyl groups excluding tert-OH is 1. The fourth-order valence-electron chi connectivity index (χ4n) is 2.15. The van der Waals surface area contributed by atoms with Crippen LogP contribution in [0.5, 0.6) is 0 Å². The number of ether oxygens (including phenoxy) is 1. The van der Waals surface area contributed by atoms with Crippen LogP contribution >= 0.6 is 0 Å². The first kappa shape index (κ1) is 13.5. The predicted molar refractivity (Wildman–Crippen MR) is 66.8 cm³/mol. The highest BCUT2D eigenvalue weighted by Gasteiger charge is 2.22. The van der Waals surface area contributed by atoms with Crippen LogP contribution in [0.25, 0.3) is 0 Å². The van der Waals surface area contributed by atoms with Crippen LogP contribution in [-0.4, -0.2) is 33.8 Å². The summed E-state index contributed by atoms with van der Waals surface area (Å²) in [5, 5.41) is 8.98. The molecule has 0 aliphatic carbocycles. The van der Waals surface area contributed by atoms with Crippen LogP contribution in [0.2, 0.25) is 0 Å². The molecule has 1 aliphatic heterocycles. The van der Waals surface area contributed by atoms with Gasteiger partial charge in [-0.15, -0.1) is 0 Å². The molecule has 0 amide bonds. The summed E-state index contributed by atoms with van der Waals surface area (Å²) in [7, 11) is -2.01. The molecular formula is C12H17NO4S. The number of fused-ring (bicyclic) bond motifs is 1. The summed E-state index contributed by atoms with van der Waals surface area (Å²) in [4.78, 5) is 0.272. The molecule has 0 aromatic heterocycles. The molecule has 0 radical (unpaired) electrons. The van der Waals surface area contributed by atoms with Crippen molar-refractivity contribution in [2.75, 3.05) is 20.3 Å². The van der Waals surface area contributed by atoms with E-state index in [0.29, 0.717) is 19.4 Å². The zero-order valence-corrected chi connectivity index (χ0v) is 11.0. The SMILES string of the molecule is CNS(=O)(=O)c1ccc2c(c1)CCO[C@H]2CCO. The van der Waals surface area contributed by atoms with E-state index in [9.17, 15) is 8.42 Å². The summed E-state index contributed by atoms with van der Waals surface area (Å²) in [6, 6.07) is 5.04. The number of sulfonamides is 1. The molecule has 0 saturated heterocycles. The molecule has 0 saturated carbocycles. The van der Waals surface area contributed by atoms with Crippen molar-refractivity contribution in [2.24, 2.45) is 0 Å². The van der Waals surface area contributed by atoms with E-state index in [1.54, 1.807) is 18.2 Å². The fourth-order valence-corrected chi connectivity index (χ4v) is 2.94. The first-order valence-electron chi connectivity index (χ1n) is 5.87. The molecule has 100 valence electrons. The molecule has 1 aliphatic rings. The Morgan fingerprint density at radius 2 is 2.28 bits per heavy atom. The third-order valence-electron chi connectivity index (χ3n) is 3.12. The number of hydrogen-bond acceptors (Lipinski definition) is 4. The average Bonchev–Trinajstić information content (AvgIpc) is 2.39. The van der Waals surface area contributed by atoms with Gasteiger partial charge in [-0.2, -0.15) is 0 Å². The van der Waals surface area contributed by atoms with Gasteiger partial charge < -0.3 is 9.84 Å². The molecule has 0 fully saturated rings. The molecule has 1 heterocycles. The minimum Gasteiger partial charge on any atom is -0.396 e. The van der Waals surface area contributed by atoms with Gasteiger partial charge in [0.25, 0.3) is 0 Å². The topological polar surface area (TPSA) is 75.6 Å². The maximum absolute atomic E-state index is 11.7. The van der Waals surface area contributed by atoms with E-state index < -0.39 is 10.0 Å². The summed E-state index contributed by atoms with van der Waals surface area (Å²) in [6.07, 6.45) is 1.10. The summed E-state index contributed by atoms with van der Waals surface area (Å²) in [6.45, 7) is 0.612. The van der Waals surface area contributed by atoms with Gasteiger partial charge in [0, 0.05) is 13.0 Å². The van der Waals surface area contributed by atoms with Crippen LogP contribution in [0, 0.1) is 0 Å². The first-order chi connectivity index (χ1) is 8.58. The van der Waals surface area contributed by atoms with Crippen LogP contribution in [0.15, 0.2) is 23.1 Å². The first-order valence-corrected chi connectivity index (χ1v) is 7.35. The van der Waals surface area contributed by atoms with Crippen LogP contribution in [0.4, 0.5) is 0 Å². The second kappa shape index (κ2) is 5.36. The van der Waals surface area contributed by atoms with Crippen molar-refractivity contribution in [1.82, 2.24) is 4.72 Å². The zero-order chi connectivity index (χ0) is 13.2. The molecule has 1 atom stereocenters. The Kier molecular flexibility index (Phi) is 4.01. The molecule has 1 aromatic rings. The molecule has 6 heteroatoms. The van der Waals surface area contributed by atoms with Crippen molar-refractivity contribution in [1.29, 1.82) is 0 Å². The van der Waals surface area contributed by atoms with Gasteiger partial charge in [-0.25, -0.2) is 13.1 Å².